The first-order chi connectivity index (χ1) is 13.8. The third-order valence-corrected chi connectivity index (χ3v) is 6.56. The van der Waals surface area contributed by atoms with Crippen LogP contribution in [-0.2, 0) is 6.54 Å². The Hall–Kier alpha value is -0.890. The molecule has 0 N–H and O–H groups in total. The topological polar surface area (TPSA) is 7.12 Å². The Morgan fingerprint density at radius 2 is 1.43 bits per heavy atom. The van der Waals surface area contributed by atoms with Crippen LogP contribution in [0.25, 0.3) is 0 Å². The number of nitrogens with zero attached hydrogens (tertiary/aromatic N) is 2. The molecule has 1 fully saturated rings. The average Bonchev–Trinajstić information content (AvgIpc) is 3.14. The monoisotopic (exact) mass is 387 g/mol. The van der Waals surface area contributed by atoms with E-state index in [9.17, 15) is 0 Å². The molecule has 0 amide bonds. The molecule has 1 atom stereocenters. The second kappa shape index (κ2) is 15.0. The fraction of sp³-hybridized carbons (Fsp3) is 0.808. The van der Waals surface area contributed by atoms with Crippen LogP contribution in [0.3, 0.4) is 0 Å². The van der Waals surface area contributed by atoms with E-state index >= 15 is 0 Å². The van der Waals surface area contributed by atoms with E-state index < -0.39 is 0 Å². The van der Waals surface area contributed by atoms with Gasteiger partial charge in [0.1, 0.15) is 6.54 Å². The zero-order valence-electron chi connectivity index (χ0n) is 19.0. The summed E-state index contributed by atoms with van der Waals surface area (Å²) in [6.07, 6.45) is 27.4. The van der Waals surface area contributed by atoms with E-state index in [2.05, 4.69) is 48.0 Å². The molecule has 28 heavy (non-hydrogen) atoms. The van der Waals surface area contributed by atoms with E-state index in [-0.39, 0.29) is 0 Å². The van der Waals surface area contributed by atoms with Gasteiger partial charge in [0.05, 0.1) is 0 Å². The van der Waals surface area contributed by atoms with E-state index in [1.54, 1.807) is 0 Å². The summed E-state index contributed by atoms with van der Waals surface area (Å²) in [7, 11) is 2.27. The van der Waals surface area contributed by atoms with Crippen molar-refractivity contribution in [2.24, 2.45) is 0 Å². The molecule has 1 aromatic heterocycles. The molecule has 0 unspecified atom stereocenters. The zero-order valence-corrected chi connectivity index (χ0v) is 19.0. The van der Waals surface area contributed by atoms with Crippen molar-refractivity contribution in [2.45, 2.75) is 122 Å². The van der Waals surface area contributed by atoms with Crippen LogP contribution in [0.1, 0.15) is 121 Å². The summed E-state index contributed by atoms with van der Waals surface area (Å²) in [6.45, 7) is 4.73. The summed E-state index contributed by atoms with van der Waals surface area (Å²) < 4.78 is 2.42. The van der Waals surface area contributed by atoms with Crippen molar-refractivity contribution < 1.29 is 4.57 Å². The highest BCUT2D eigenvalue weighted by Gasteiger charge is 2.24. The molecular weight excluding hydrogens is 340 g/mol. The summed E-state index contributed by atoms with van der Waals surface area (Å²) in [5.74, 6) is 0. The molecule has 2 heteroatoms. The molecule has 0 radical (unpaired) electrons. The van der Waals surface area contributed by atoms with Crippen molar-refractivity contribution in [1.29, 1.82) is 0 Å². The maximum absolute atomic E-state index is 2.51. The molecular formula is C26H47N2+. The second-order valence-corrected chi connectivity index (χ2v) is 9.11. The summed E-state index contributed by atoms with van der Waals surface area (Å²) >= 11 is 0. The summed E-state index contributed by atoms with van der Waals surface area (Å²) in [5.41, 5.74) is 1.51. The van der Waals surface area contributed by atoms with Crippen LogP contribution in [0.5, 0.6) is 0 Å². The van der Waals surface area contributed by atoms with Crippen molar-refractivity contribution in [3.8, 4) is 0 Å². The number of unbranched alkanes of at least 4 members (excludes halogenated alkanes) is 13. The van der Waals surface area contributed by atoms with Gasteiger partial charge >= 0.3 is 0 Å². The molecule has 0 aromatic carbocycles. The van der Waals surface area contributed by atoms with Crippen LogP contribution in [-0.4, -0.2) is 18.5 Å². The van der Waals surface area contributed by atoms with Crippen molar-refractivity contribution in [1.82, 2.24) is 4.90 Å². The average molecular weight is 388 g/mol. The van der Waals surface area contributed by atoms with Gasteiger partial charge in [0.2, 0.25) is 0 Å². The number of rotatable bonds is 16. The van der Waals surface area contributed by atoms with Crippen LogP contribution >= 0.6 is 0 Å². The van der Waals surface area contributed by atoms with E-state index in [0.29, 0.717) is 6.04 Å². The molecule has 0 spiro atoms. The third-order valence-electron chi connectivity index (χ3n) is 6.56. The first kappa shape index (κ1) is 23.4. The number of aryl methyl sites for hydroxylation is 1. The van der Waals surface area contributed by atoms with E-state index in [1.807, 2.05) is 0 Å². The maximum atomic E-state index is 2.51. The second-order valence-electron chi connectivity index (χ2n) is 9.11. The SMILES string of the molecule is CCCCCCCCCCCCCCCC[n+]1cccc([C@@H]2CCCN2C)c1. The van der Waals surface area contributed by atoms with Crippen molar-refractivity contribution >= 4 is 0 Å². The Labute approximate surface area is 175 Å². The molecule has 1 aromatic rings. The standard InChI is InChI=1S/C26H47N2/c1-3-4-5-6-7-8-9-10-11-12-13-14-15-16-22-28-23-17-19-25(24-28)26-20-18-21-27(26)2/h17,19,23-24,26H,3-16,18,20-22H2,1-2H3/q+1/t26-/m0/s1. The molecule has 0 bridgehead atoms. The Balaban J connectivity index is 1.43. The predicted molar refractivity (Wildman–Crippen MR) is 122 cm³/mol. The zero-order chi connectivity index (χ0) is 19.9. The molecule has 2 heterocycles. The highest BCUT2D eigenvalue weighted by Crippen LogP contribution is 2.29. The molecule has 1 aliphatic heterocycles. The molecule has 2 rings (SSSR count). The molecule has 1 saturated heterocycles. The number of likely N-dealkylation sites (tertiary alicyclic amines) is 1. The Bertz CT molecular complexity index is 499. The minimum Gasteiger partial charge on any atom is -0.299 e. The smallest absolute Gasteiger partial charge is 0.173 e. The van der Waals surface area contributed by atoms with Gasteiger partial charge in [-0.15, -0.1) is 0 Å². The Kier molecular flexibility index (Phi) is 12.5. The van der Waals surface area contributed by atoms with Gasteiger partial charge < -0.3 is 0 Å². The van der Waals surface area contributed by atoms with Gasteiger partial charge in [0.15, 0.2) is 12.4 Å². The van der Waals surface area contributed by atoms with Crippen molar-refractivity contribution in [2.75, 3.05) is 13.6 Å². The first-order valence-electron chi connectivity index (χ1n) is 12.5. The quantitative estimate of drug-likeness (QED) is 0.214. The number of pyridine rings is 1. The van der Waals surface area contributed by atoms with Crippen LogP contribution in [0.15, 0.2) is 24.5 Å². The number of aromatic nitrogens is 1. The molecule has 2 nitrogen and oxygen atoms in total. The summed E-state index contributed by atoms with van der Waals surface area (Å²) in [4.78, 5) is 2.51. The lowest BCUT2D eigenvalue weighted by molar-refractivity contribution is -0.697. The fourth-order valence-electron chi connectivity index (χ4n) is 4.70. The molecule has 160 valence electrons. The minimum absolute atomic E-state index is 0.642. The minimum atomic E-state index is 0.642. The van der Waals surface area contributed by atoms with Crippen molar-refractivity contribution in [3.05, 3.63) is 30.1 Å². The van der Waals surface area contributed by atoms with Gasteiger partial charge in [0, 0.05) is 24.1 Å². The van der Waals surface area contributed by atoms with Crippen LogP contribution < -0.4 is 4.57 Å². The summed E-state index contributed by atoms with van der Waals surface area (Å²) in [6, 6.07) is 5.20. The van der Waals surface area contributed by atoms with Gasteiger partial charge in [-0.05, 0) is 38.9 Å². The molecule has 1 aliphatic rings. The van der Waals surface area contributed by atoms with Crippen LogP contribution in [0, 0.1) is 0 Å². The van der Waals surface area contributed by atoms with E-state index in [1.165, 1.54) is 121 Å². The lowest BCUT2D eigenvalue weighted by Crippen LogP contribution is -2.34. The van der Waals surface area contributed by atoms with Gasteiger partial charge in [-0.1, -0.05) is 84.0 Å². The maximum Gasteiger partial charge on any atom is 0.173 e. The van der Waals surface area contributed by atoms with Crippen molar-refractivity contribution in [3.63, 3.8) is 0 Å². The fourth-order valence-corrected chi connectivity index (χ4v) is 4.70. The third kappa shape index (κ3) is 9.54. The largest absolute Gasteiger partial charge is 0.299 e. The highest BCUT2D eigenvalue weighted by molar-refractivity contribution is 5.12. The summed E-state index contributed by atoms with van der Waals surface area (Å²) in [5, 5.41) is 0. The molecule has 0 aliphatic carbocycles. The van der Waals surface area contributed by atoms with Gasteiger partial charge in [0.25, 0.3) is 0 Å². The Morgan fingerprint density at radius 1 is 0.857 bits per heavy atom. The number of hydrogen-bond donors (Lipinski definition) is 0. The first-order valence-corrected chi connectivity index (χ1v) is 12.5. The van der Waals surface area contributed by atoms with Crippen LogP contribution in [0.2, 0.25) is 0 Å². The highest BCUT2D eigenvalue weighted by atomic mass is 15.1. The van der Waals surface area contributed by atoms with Gasteiger partial charge in [-0.2, -0.15) is 0 Å². The van der Waals surface area contributed by atoms with E-state index in [4.69, 9.17) is 0 Å². The van der Waals surface area contributed by atoms with Gasteiger partial charge in [-0.25, -0.2) is 4.57 Å². The van der Waals surface area contributed by atoms with Crippen LogP contribution in [0.4, 0.5) is 0 Å². The predicted octanol–water partition coefficient (Wildman–Crippen LogP) is 7.22. The normalized spacial score (nSPS) is 17.4. The van der Waals surface area contributed by atoms with E-state index in [0.717, 1.165) is 0 Å². The van der Waals surface area contributed by atoms with Gasteiger partial charge in [-0.3, -0.25) is 4.90 Å². The molecule has 0 saturated carbocycles. The lowest BCUT2D eigenvalue weighted by atomic mass is 10.0. The Morgan fingerprint density at radius 3 is 1.96 bits per heavy atom. The number of hydrogen-bond acceptors (Lipinski definition) is 1. The lowest BCUT2D eigenvalue weighted by Gasteiger charge is -2.18.